The molecule has 0 radical (unpaired) electrons. The van der Waals surface area contributed by atoms with Crippen LogP contribution in [0, 0.1) is 0 Å². The molecule has 0 bridgehead atoms. The Kier molecular flexibility index (Phi) is 4.82. The van der Waals surface area contributed by atoms with E-state index in [1.165, 1.54) is 6.08 Å². The smallest absolute Gasteiger partial charge is 0.327 e. The molecule has 0 aliphatic rings. The van der Waals surface area contributed by atoms with E-state index in [1.54, 1.807) is 0 Å². The topological polar surface area (TPSA) is 86.1 Å². The summed E-state index contributed by atoms with van der Waals surface area (Å²) in [5.41, 5.74) is 7.79. The molecule has 1 N–H and O–H groups in total. The molecule has 5 heteroatoms. The maximum atomic E-state index is 9.84. The van der Waals surface area contributed by atoms with Gasteiger partial charge in [0.1, 0.15) is 0 Å². The Bertz CT molecular complexity index is 181. The summed E-state index contributed by atoms with van der Waals surface area (Å²) in [6, 6.07) is 0. The van der Waals surface area contributed by atoms with Crippen molar-refractivity contribution in [2.75, 3.05) is 6.54 Å². The zero-order chi connectivity index (χ0) is 7.82. The molecule has 0 aliphatic heterocycles. The van der Waals surface area contributed by atoms with Gasteiger partial charge in [-0.2, -0.15) is 0 Å². The van der Waals surface area contributed by atoms with Crippen LogP contribution in [0.3, 0.4) is 0 Å². The van der Waals surface area contributed by atoms with Crippen LogP contribution in [0.5, 0.6) is 0 Å². The van der Waals surface area contributed by atoms with Crippen LogP contribution in [0.25, 0.3) is 10.4 Å². The van der Waals surface area contributed by atoms with Gasteiger partial charge in [-0.05, 0) is 12.0 Å². The highest BCUT2D eigenvalue weighted by molar-refractivity contribution is 5.79. The summed E-state index contributed by atoms with van der Waals surface area (Å²) in [6.07, 6.45) is 2.93. The van der Waals surface area contributed by atoms with E-state index >= 15 is 0 Å². The first-order valence-corrected chi connectivity index (χ1v) is 2.67. The Morgan fingerprint density at radius 1 is 1.80 bits per heavy atom. The van der Waals surface area contributed by atoms with Gasteiger partial charge in [0, 0.05) is 17.5 Å². The van der Waals surface area contributed by atoms with Gasteiger partial charge in [-0.15, -0.1) is 0 Å². The summed E-state index contributed by atoms with van der Waals surface area (Å²) in [6.45, 7) is 0.306. The van der Waals surface area contributed by atoms with E-state index in [0.717, 1.165) is 6.08 Å². The van der Waals surface area contributed by atoms with E-state index in [9.17, 15) is 4.79 Å². The van der Waals surface area contributed by atoms with E-state index in [4.69, 9.17) is 10.6 Å². The Labute approximate surface area is 57.6 Å². The van der Waals surface area contributed by atoms with Gasteiger partial charge in [0.05, 0.1) is 0 Å². The van der Waals surface area contributed by atoms with Crippen LogP contribution < -0.4 is 0 Å². The molecule has 0 aromatic heterocycles. The second kappa shape index (κ2) is 5.65. The fraction of sp³-hybridized carbons (Fsp3) is 0.400. The van der Waals surface area contributed by atoms with E-state index in [2.05, 4.69) is 10.0 Å². The highest BCUT2D eigenvalue weighted by atomic mass is 16.4. The van der Waals surface area contributed by atoms with Crippen LogP contribution >= 0.6 is 0 Å². The van der Waals surface area contributed by atoms with E-state index in [0.29, 0.717) is 13.0 Å². The largest absolute Gasteiger partial charge is 0.478 e. The first-order chi connectivity index (χ1) is 4.77. The van der Waals surface area contributed by atoms with Crippen LogP contribution in [0.1, 0.15) is 6.42 Å². The van der Waals surface area contributed by atoms with Gasteiger partial charge >= 0.3 is 5.97 Å². The minimum Gasteiger partial charge on any atom is -0.478 e. The van der Waals surface area contributed by atoms with Crippen molar-refractivity contribution in [2.45, 2.75) is 6.42 Å². The fourth-order valence-corrected chi connectivity index (χ4v) is 0.361. The number of azide groups is 1. The van der Waals surface area contributed by atoms with Crippen LogP contribution in [0.2, 0.25) is 0 Å². The monoisotopic (exact) mass is 141 g/mol. The molecule has 5 nitrogen and oxygen atoms in total. The van der Waals surface area contributed by atoms with Crippen molar-refractivity contribution in [3.05, 3.63) is 22.6 Å². The summed E-state index contributed by atoms with van der Waals surface area (Å²) >= 11 is 0. The number of rotatable bonds is 4. The van der Waals surface area contributed by atoms with Crippen molar-refractivity contribution in [3.8, 4) is 0 Å². The molecule has 10 heavy (non-hydrogen) atoms. The number of carboxylic acids is 1. The van der Waals surface area contributed by atoms with Crippen LogP contribution in [0.15, 0.2) is 17.3 Å². The third kappa shape index (κ3) is 6.52. The Morgan fingerprint density at radius 2 is 2.50 bits per heavy atom. The third-order valence-corrected chi connectivity index (χ3v) is 0.719. The maximum Gasteiger partial charge on any atom is 0.327 e. The van der Waals surface area contributed by atoms with Crippen molar-refractivity contribution < 1.29 is 9.90 Å². The summed E-state index contributed by atoms with van der Waals surface area (Å²) in [5, 5.41) is 11.3. The SMILES string of the molecule is [N-]=[N+]=NCCC=CC(=O)O. The maximum absolute atomic E-state index is 9.84. The number of carbonyl (C=O) groups is 1. The van der Waals surface area contributed by atoms with Gasteiger partial charge in [-0.1, -0.05) is 11.2 Å². The fourth-order valence-electron chi connectivity index (χ4n) is 0.361. The molecule has 0 atom stereocenters. The molecule has 0 fully saturated rings. The van der Waals surface area contributed by atoms with E-state index < -0.39 is 5.97 Å². The third-order valence-electron chi connectivity index (χ3n) is 0.719. The molecule has 54 valence electrons. The molecule has 0 rings (SSSR count). The molecule has 0 amide bonds. The lowest BCUT2D eigenvalue weighted by atomic mass is 10.4. The zero-order valence-corrected chi connectivity index (χ0v) is 5.27. The summed E-state index contributed by atoms with van der Waals surface area (Å²) in [7, 11) is 0. The van der Waals surface area contributed by atoms with Gasteiger partial charge in [0.2, 0.25) is 0 Å². The Balaban J connectivity index is 3.35. The van der Waals surface area contributed by atoms with Crippen molar-refractivity contribution in [3.63, 3.8) is 0 Å². The number of hydrogen-bond donors (Lipinski definition) is 1. The van der Waals surface area contributed by atoms with Crippen molar-refractivity contribution >= 4 is 5.97 Å². The van der Waals surface area contributed by atoms with Gasteiger partial charge in [0.15, 0.2) is 0 Å². The van der Waals surface area contributed by atoms with Crippen LogP contribution in [-0.2, 0) is 4.79 Å². The number of aliphatic carboxylic acids is 1. The minimum atomic E-state index is -0.985. The standard InChI is InChI=1S/C5H7N3O2/c6-8-7-4-2-1-3-5(9)10/h1,3H,2,4H2,(H,9,10). The summed E-state index contributed by atoms with van der Waals surface area (Å²) < 4.78 is 0. The summed E-state index contributed by atoms with van der Waals surface area (Å²) in [5.74, 6) is -0.985. The number of hydrogen-bond acceptors (Lipinski definition) is 2. The molecular formula is C5H7N3O2. The number of carboxylic acid groups (broad SMARTS) is 1. The average molecular weight is 141 g/mol. The van der Waals surface area contributed by atoms with E-state index in [1.807, 2.05) is 0 Å². The van der Waals surface area contributed by atoms with Gasteiger partial charge in [-0.25, -0.2) is 4.79 Å². The lowest BCUT2D eigenvalue weighted by Crippen LogP contribution is -1.85. The predicted octanol–water partition coefficient (Wildman–Crippen LogP) is 1.33. The molecule has 0 aliphatic carbocycles. The zero-order valence-electron chi connectivity index (χ0n) is 5.27. The van der Waals surface area contributed by atoms with Gasteiger partial charge < -0.3 is 5.11 Å². The molecule has 0 saturated carbocycles. The molecule has 0 aromatic rings. The quantitative estimate of drug-likeness (QED) is 0.210. The predicted molar refractivity (Wildman–Crippen MR) is 35.4 cm³/mol. The molecule has 0 aromatic carbocycles. The Hall–Kier alpha value is -1.48. The molecule has 0 saturated heterocycles. The second-order valence-corrected chi connectivity index (χ2v) is 1.48. The van der Waals surface area contributed by atoms with Crippen molar-refractivity contribution in [1.29, 1.82) is 0 Å². The van der Waals surface area contributed by atoms with Crippen molar-refractivity contribution in [1.82, 2.24) is 0 Å². The molecule has 0 spiro atoms. The lowest BCUT2D eigenvalue weighted by Gasteiger charge is -1.80. The Morgan fingerprint density at radius 3 is 3.00 bits per heavy atom. The van der Waals surface area contributed by atoms with E-state index in [-0.39, 0.29) is 0 Å². The van der Waals surface area contributed by atoms with Crippen LogP contribution in [-0.4, -0.2) is 17.6 Å². The van der Waals surface area contributed by atoms with Gasteiger partial charge in [0.25, 0.3) is 0 Å². The van der Waals surface area contributed by atoms with Gasteiger partial charge in [-0.3, -0.25) is 0 Å². The highest BCUT2D eigenvalue weighted by Crippen LogP contribution is 1.84. The summed E-state index contributed by atoms with van der Waals surface area (Å²) in [4.78, 5) is 12.3. The average Bonchev–Trinajstić information content (AvgIpc) is 1.87. The molecular weight excluding hydrogens is 134 g/mol. The lowest BCUT2D eigenvalue weighted by molar-refractivity contribution is -0.131. The van der Waals surface area contributed by atoms with Crippen molar-refractivity contribution in [2.24, 2.45) is 5.11 Å². The first-order valence-electron chi connectivity index (χ1n) is 2.67. The molecule has 0 heterocycles. The number of nitrogens with zero attached hydrogens (tertiary/aromatic N) is 3. The van der Waals surface area contributed by atoms with Crippen LogP contribution in [0.4, 0.5) is 0 Å². The molecule has 0 unspecified atom stereocenters. The normalized spacial score (nSPS) is 9.20. The minimum absolute atomic E-state index is 0.306. The first kappa shape index (κ1) is 8.52. The second-order valence-electron chi connectivity index (χ2n) is 1.48. The highest BCUT2D eigenvalue weighted by Gasteiger charge is 1.82.